The zero-order valence-electron chi connectivity index (χ0n) is 15.4. The number of alkyl halides is 3. The van der Waals surface area contributed by atoms with Crippen LogP contribution in [-0.2, 0) is 15.7 Å². The van der Waals surface area contributed by atoms with Crippen LogP contribution < -0.4 is 10.2 Å². The molecule has 1 aliphatic rings. The van der Waals surface area contributed by atoms with Gasteiger partial charge >= 0.3 is 12.1 Å². The Bertz CT molecular complexity index is 987. The minimum absolute atomic E-state index is 0.101. The van der Waals surface area contributed by atoms with Crippen molar-refractivity contribution in [3.8, 4) is 0 Å². The largest absolute Gasteiger partial charge is 0.466 e. The number of thiocarbonyl (C=S) groups is 1. The van der Waals surface area contributed by atoms with Gasteiger partial charge in [0, 0.05) is 11.4 Å². The van der Waals surface area contributed by atoms with E-state index in [4.69, 9.17) is 17.0 Å². The number of hydrogen-bond acceptors (Lipinski definition) is 3. The van der Waals surface area contributed by atoms with E-state index in [9.17, 15) is 22.4 Å². The molecule has 1 heterocycles. The molecule has 9 heteroatoms. The SMILES string of the molecule is COC(=O)C1=C(C)N(c2cccc(C(F)(F)F)c2)C(=S)N[C@@H]1c1ccc(F)cc1. The first kappa shape index (κ1) is 20.8. The highest BCUT2D eigenvalue weighted by Gasteiger charge is 2.36. The number of carbonyl (C=O) groups is 1. The Hall–Kier alpha value is -2.94. The van der Waals surface area contributed by atoms with Crippen LogP contribution >= 0.6 is 12.2 Å². The third-order valence-corrected chi connectivity index (χ3v) is 4.83. The van der Waals surface area contributed by atoms with E-state index in [1.165, 1.54) is 48.4 Å². The van der Waals surface area contributed by atoms with Crippen LogP contribution in [0.1, 0.15) is 24.1 Å². The number of carbonyl (C=O) groups excluding carboxylic acids is 1. The highest BCUT2D eigenvalue weighted by molar-refractivity contribution is 7.80. The van der Waals surface area contributed by atoms with Crippen molar-refractivity contribution in [2.45, 2.75) is 19.1 Å². The lowest BCUT2D eigenvalue weighted by Gasteiger charge is -2.37. The number of esters is 1. The molecule has 29 heavy (non-hydrogen) atoms. The summed E-state index contributed by atoms with van der Waals surface area (Å²) in [7, 11) is 1.20. The summed E-state index contributed by atoms with van der Waals surface area (Å²) in [4.78, 5) is 13.8. The van der Waals surface area contributed by atoms with E-state index in [0.717, 1.165) is 12.1 Å². The van der Waals surface area contributed by atoms with E-state index < -0.39 is 29.6 Å². The van der Waals surface area contributed by atoms with Gasteiger partial charge in [-0.3, -0.25) is 4.90 Å². The number of hydrogen-bond donors (Lipinski definition) is 1. The summed E-state index contributed by atoms with van der Waals surface area (Å²) < 4.78 is 57.5. The summed E-state index contributed by atoms with van der Waals surface area (Å²) in [6.07, 6.45) is -4.53. The van der Waals surface area contributed by atoms with Crippen LogP contribution in [0.4, 0.5) is 23.2 Å². The molecular formula is C20H16F4N2O2S. The van der Waals surface area contributed by atoms with Gasteiger partial charge in [0.2, 0.25) is 0 Å². The van der Waals surface area contributed by atoms with E-state index in [1.54, 1.807) is 6.92 Å². The van der Waals surface area contributed by atoms with Crippen LogP contribution in [0.2, 0.25) is 0 Å². The molecule has 0 bridgehead atoms. The minimum atomic E-state index is -4.53. The van der Waals surface area contributed by atoms with Crippen LogP contribution in [0.5, 0.6) is 0 Å². The molecule has 2 aromatic rings. The molecule has 1 N–H and O–H groups in total. The quantitative estimate of drug-likeness (QED) is 0.439. The first-order valence-electron chi connectivity index (χ1n) is 8.46. The van der Waals surface area contributed by atoms with Crippen LogP contribution in [0.15, 0.2) is 59.8 Å². The molecule has 0 unspecified atom stereocenters. The Balaban J connectivity index is 2.13. The molecule has 1 atom stereocenters. The van der Waals surface area contributed by atoms with Gasteiger partial charge < -0.3 is 10.1 Å². The molecular weight excluding hydrogens is 408 g/mol. The second kappa shape index (κ2) is 7.82. The molecule has 0 amide bonds. The Labute approximate surface area is 169 Å². The summed E-state index contributed by atoms with van der Waals surface area (Å²) in [5, 5.41) is 3.05. The third-order valence-electron chi connectivity index (χ3n) is 4.53. The normalized spacial score (nSPS) is 17.2. The van der Waals surface area contributed by atoms with Crippen molar-refractivity contribution in [1.29, 1.82) is 0 Å². The van der Waals surface area contributed by atoms with Crippen LogP contribution in [0.3, 0.4) is 0 Å². The van der Waals surface area contributed by atoms with Crippen LogP contribution in [0.25, 0.3) is 0 Å². The molecule has 2 aromatic carbocycles. The average Bonchev–Trinajstić information content (AvgIpc) is 2.67. The highest BCUT2D eigenvalue weighted by Crippen LogP contribution is 2.37. The lowest BCUT2D eigenvalue weighted by atomic mass is 9.94. The van der Waals surface area contributed by atoms with Crippen molar-refractivity contribution in [3.63, 3.8) is 0 Å². The van der Waals surface area contributed by atoms with E-state index in [2.05, 4.69) is 5.32 Å². The topological polar surface area (TPSA) is 41.6 Å². The van der Waals surface area contributed by atoms with Crippen molar-refractivity contribution in [1.82, 2.24) is 5.32 Å². The molecule has 0 saturated carbocycles. The van der Waals surface area contributed by atoms with Crippen molar-refractivity contribution >= 4 is 29.0 Å². The molecule has 0 aromatic heterocycles. The number of allylic oxidation sites excluding steroid dienone is 1. The predicted molar refractivity (Wildman–Crippen MR) is 104 cm³/mol. The van der Waals surface area contributed by atoms with Gasteiger partial charge in [-0.05, 0) is 55.0 Å². The van der Waals surface area contributed by atoms with E-state index in [-0.39, 0.29) is 16.4 Å². The number of nitrogens with zero attached hydrogens (tertiary/aromatic N) is 1. The zero-order chi connectivity index (χ0) is 21.3. The summed E-state index contributed by atoms with van der Waals surface area (Å²) in [6, 6.07) is 9.34. The van der Waals surface area contributed by atoms with Gasteiger partial charge in [-0.15, -0.1) is 0 Å². The fraction of sp³-hybridized carbons (Fsp3) is 0.200. The average molecular weight is 424 g/mol. The maximum atomic E-state index is 13.3. The Morgan fingerprint density at radius 1 is 1.17 bits per heavy atom. The maximum absolute atomic E-state index is 13.3. The number of methoxy groups -OCH3 is 1. The third kappa shape index (κ3) is 4.09. The fourth-order valence-corrected chi connectivity index (χ4v) is 3.52. The molecule has 4 nitrogen and oxygen atoms in total. The number of benzene rings is 2. The standard InChI is InChI=1S/C20H16F4N2O2S/c1-11-16(18(27)28-2)17(12-6-8-14(21)9-7-12)25-19(29)26(11)15-5-3-4-13(10-15)20(22,23)24/h3-10,17H,1-2H3,(H,25,29)/t17-/m1/s1. The molecule has 0 spiro atoms. The van der Waals surface area contributed by atoms with Crippen molar-refractivity contribution in [2.75, 3.05) is 12.0 Å². The molecule has 3 rings (SSSR count). The molecule has 152 valence electrons. The molecule has 0 fully saturated rings. The van der Waals surface area contributed by atoms with Gasteiger partial charge in [0.15, 0.2) is 5.11 Å². The lowest BCUT2D eigenvalue weighted by molar-refractivity contribution is -0.138. The minimum Gasteiger partial charge on any atom is -0.466 e. The molecule has 1 aliphatic heterocycles. The molecule has 0 saturated heterocycles. The summed E-state index contributed by atoms with van der Waals surface area (Å²) in [5.41, 5.74) is 0.330. The summed E-state index contributed by atoms with van der Waals surface area (Å²) >= 11 is 5.37. The molecule has 0 radical (unpaired) electrons. The van der Waals surface area contributed by atoms with E-state index in [1.807, 2.05) is 0 Å². The van der Waals surface area contributed by atoms with E-state index in [0.29, 0.717) is 11.3 Å². The van der Waals surface area contributed by atoms with Gasteiger partial charge in [0.25, 0.3) is 0 Å². The molecule has 0 aliphatic carbocycles. The highest BCUT2D eigenvalue weighted by atomic mass is 32.1. The Kier molecular flexibility index (Phi) is 5.61. The smallest absolute Gasteiger partial charge is 0.416 e. The number of anilines is 1. The zero-order valence-corrected chi connectivity index (χ0v) is 16.2. The number of nitrogens with one attached hydrogen (secondary N) is 1. The van der Waals surface area contributed by atoms with E-state index >= 15 is 0 Å². The van der Waals surface area contributed by atoms with Crippen LogP contribution in [-0.4, -0.2) is 18.2 Å². The predicted octanol–water partition coefficient (Wildman–Crippen LogP) is 4.73. The maximum Gasteiger partial charge on any atom is 0.416 e. The Morgan fingerprint density at radius 3 is 2.41 bits per heavy atom. The van der Waals surface area contributed by atoms with Gasteiger partial charge in [0.1, 0.15) is 5.82 Å². The van der Waals surface area contributed by atoms with Gasteiger partial charge in [0.05, 0.1) is 24.3 Å². The summed E-state index contributed by atoms with van der Waals surface area (Å²) in [6.45, 7) is 1.57. The van der Waals surface area contributed by atoms with Gasteiger partial charge in [-0.1, -0.05) is 18.2 Å². The van der Waals surface area contributed by atoms with Crippen LogP contribution in [0, 0.1) is 5.82 Å². The first-order chi connectivity index (χ1) is 13.6. The monoisotopic (exact) mass is 424 g/mol. The van der Waals surface area contributed by atoms with Gasteiger partial charge in [-0.2, -0.15) is 13.2 Å². The lowest BCUT2D eigenvalue weighted by Crippen LogP contribution is -2.48. The Morgan fingerprint density at radius 2 is 1.83 bits per heavy atom. The van der Waals surface area contributed by atoms with Crippen molar-refractivity contribution in [2.24, 2.45) is 0 Å². The van der Waals surface area contributed by atoms with Crippen molar-refractivity contribution < 1.29 is 27.1 Å². The fourth-order valence-electron chi connectivity index (χ4n) is 3.15. The second-order valence-electron chi connectivity index (χ2n) is 6.31. The van der Waals surface area contributed by atoms with Crippen molar-refractivity contribution in [3.05, 3.63) is 76.7 Å². The number of rotatable bonds is 3. The second-order valence-corrected chi connectivity index (χ2v) is 6.69. The first-order valence-corrected chi connectivity index (χ1v) is 8.86. The number of ether oxygens (including phenoxy) is 1. The summed E-state index contributed by atoms with van der Waals surface area (Å²) in [5.74, 6) is -1.12. The number of halogens is 4. The van der Waals surface area contributed by atoms with Gasteiger partial charge in [-0.25, -0.2) is 9.18 Å².